The molecule has 17 heavy (non-hydrogen) atoms. The molecule has 1 atom stereocenters. The van der Waals surface area contributed by atoms with Crippen LogP contribution in [-0.4, -0.2) is 35.1 Å². The topological polar surface area (TPSA) is 66.6 Å². The van der Waals surface area contributed by atoms with Crippen LogP contribution < -0.4 is 5.73 Å². The zero-order valence-electron chi connectivity index (χ0n) is 9.61. The third-order valence-electron chi connectivity index (χ3n) is 3.08. The molecule has 0 spiro atoms. The Labute approximate surface area is 98.8 Å². The van der Waals surface area contributed by atoms with E-state index in [0.717, 1.165) is 0 Å². The first-order valence-electron chi connectivity index (χ1n) is 5.52. The summed E-state index contributed by atoms with van der Waals surface area (Å²) < 4.78 is 13.5. The number of anilines is 1. The predicted octanol–water partition coefficient (Wildman–Crippen LogP) is 0.923. The lowest BCUT2D eigenvalue weighted by Gasteiger charge is -2.16. The predicted molar refractivity (Wildman–Crippen MR) is 62.1 cm³/mol. The summed E-state index contributed by atoms with van der Waals surface area (Å²) in [6, 6.07) is 2.67. The van der Waals surface area contributed by atoms with Gasteiger partial charge in [-0.25, -0.2) is 4.39 Å². The molecule has 0 aromatic heterocycles. The molecule has 1 heterocycles. The number of nitrogens with two attached hydrogens (primary N) is 1. The van der Waals surface area contributed by atoms with Crippen molar-refractivity contribution in [2.24, 2.45) is 0 Å². The quantitative estimate of drug-likeness (QED) is 0.715. The molecule has 0 bridgehead atoms. The molecule has 0 radical (unpaired) electrons. The molecule has 1 saturated heterocycles. The number of β-amino-alcohol motifs (C(OH)–C–C–N with tert-alkyl or cyclic N) is 1. The van der Waals surface area contributed by atoms with Gasteiger partial charge in [0, 0.05) is 29.9 Å². The van der Waals surface area contributed by atoms with E-state index in [1.807, 2.05) is 0 Å². The second-order valence-corrected chi connectivity index (χ2v) is 4.37. The molecule has 0 aliphatic carbocycles. The number of hydrogen-bond donors (Lipinski definition) is 2. The van der Waals surface area contributed by atoms with E-state index in [2.05, 4.69) is 0 Å². The minimum absolute atomic E-state index is 0.236. The number of aliphatic hydroxyl groups is 1. The van der Waals surface area contributed by atoms with Gasteiger partial charge in [-0.2, -0.15) is 0 Å². The second-order valence-electron chi connectivity index (χ2n) is 4.37. The first kappa shape index (κ1) is 11.9. The number of nitrogens with zero attached hydrogens (tertiary/aromatic N) is 1. The van der Waals surface area contributed by atoms with Crippen molar-refractivity contribution in [1.82, 2.24) is 4.90 Å². The van der Waals surface area contributed by atoms with Gasteiger partial charge in [0.1, 0.15) is 5.82 Å². The highest BCUT2D eigenvalue weighted by Gasteiger charge is 2.26. The zero-order chi connectivity index (χ0) is 12.6. The fourth-order valence-corrected chi connectivity index (χ4v) is 1.93. The van der Waals surface area contributed by atoms with E-state index in [9.17, 15) is 14.3 Å². The van der Waals surface area contributed by atoms with Crippen LogP contribution in [0.2, 0.25) is 0 Å². The molecule has 5 heteroatoms. The van der Waals surface area contributed by atoms with Gasteiger partial charge in [-0.3, -0.25) is 4.79 Å². The van der Waals surface area contributed by atoms with Crippen molar-refractivity contribution in [2.45, 2.75) is 19.4 Å². The van der Waals surface area contributed by atoms with E-state index < -0.39 is 11.9 Å². The molecular formula is C12H15FN2O2. The molecule has 1 aromatic carbocycles. The monoisotopic (exact) mass is 238 g/mol. The van der Waals surface area contributed by atoms with Gasteiger partial charge in [-0.05, 0) is 25.5 Å². The van der Waals surface area contributed by atoms with Crippen LogP contribution in [0, 0.1) is 12.7 Å². The molecule has 1 aromatic rings. The highest BCUT2D eigenvalue weighted by atomic mass is 19.1. The van der Waals surface area contributed by atoms with E-state index in [1.165, 1.54) is 17.0 Å². The summed E-state index contributed by atoms with van der Waals surface area (Å²) in [4.78, 5) is 13.5. The minimum atomic E-state index is -0.480. The normalized spacial score (nSPS) is 19.7. The first-order chi connectivity index (χ1) is 7.99. The molecule has 1 aliphatic heterocycles. The van der Waals surface area contributed by atoms with E-state index in [1.54, 1.807) is 6.92 Å². The zero-order valence-corrected chi connectivity index (χ0v) is 9.61. The Hall–Kier alpha value is -1.62. The van der Waals surface area contributed by atoms with Crippen LogP contribution >= 0.6 is 0 Å². The summed E-state index contributed by atoms with van der Waals surface area (Å²) in [5, 5.41) is 9.36. The molecule has 1 fully saturated rings. The number of rotatable bonds is 1. The van der Waals surface area contributed by atoms with E-state index in [0.29, 0.717) is 25.1 Å². The molecule has 0 saturated carbocycles. The van der Waals surface area contributed by atoms with Gasteiger partial charge < -0.3 is 15.7 Å². The Bertz CT molecular complexity index is 439. The second kappa shape index (κ2) is 4.33. The van der Waals surface area contributed by atoms with Crippen molar-refractivity contribution in [3.05, 3.63) is 29.1 Å². The Morgan fingerprint density at radius 2 is 2.29 bits per heavy atom. The van der Waals surface area contributed by atoms with Crippen molar-refractivity contribution in [2.75, 3.05) is 18.8 Å². The van der Waals surface area contributed by atoms with Crippen molar-refractivity contribution in [3.63, 3.8) is 0 Å². The molecule has 92 valence electrons. The van der Waals surface area contributed by atoms with Crippen LogP contribution in [-0.2, 0) is 0 Å². The molecule has 1 aliphatic rings. The number of carbonyl (C=O) groups is 1. The van der Waals surface area contributed by atoms with Crippen LogP contribution in [0.3, 0.4) is 0 Å². The van der Waals surface area contributed by atoms with E-state index >= 15 is 0 Å². The van der Waals surface area contributed by atoms with Gasteiger partial charge in [0.25, 0.3) is 5.91 Å². The summed E-state index contributed by atoms with van der Waals surface area (Å²) in [6.07, 6.45) is 0.0850. The SMILES string of the molecule is Cc1c(N)cc(C(=O)N2CC[C@@H](O)C2)cc1F. The number of benzene rings is 1. The third-order valence-corrected chi connectivity index (χ3v) is 3.08. The van der Waals surface area contributed by atoms with Crippen LogP contribution in [0.5, 0.6) is 0 Å². The number of carbonyl (C=O) groups excluding carboxylic acids is 1. The lowest BCUT2D eigenvalue weighted by molar-refractivity contribution is 0.0764. The maximum Gasteiger partial charge on any atom is 0.254 e. The molecule has 2 rings (SSSR count). The summed E-state index contributed by atoms with van der Waals surface area (Å²) in [5.41, 5.74) is 6.48. The molecule has 3 N–H and O–H groups in total. The van der Waals surface area contributed by atoms with Gasteiger partial charge in [0.2, 0.25) is 0 Å². The van der Waals surface area contributed by atoms with Gasteiger partial charge >= 0.3 is 0 Å². The fraction of sp³-hybridized carbons (Fsp3) is 0.417. The average Bonchev–Trinajstić information content (AvgIpc) is 2.71. The molecule has 0 unspecified atom stereocenters. The molecular weight excluding hydrogens is 223 g/mol. The summed E-state index contributed by atoms with van der Waals surface area (Å²) in [5.74, 6) is -0.764. The highest BCUT2D eigenvalue weighted by molar-refractivity contribution is 5.95. The standard InChI is InChI=1S/C12H15FN2O2/c1-7-10(13)4-8(5-11(7)14)12(17)15-3-2-9(16)6-15/h4-5,9,16H,2-3,6,14H2,1H3/t9-/m1/s1. The van der Waals surface area contributed by atoms with Gasteiger partial charge in [-0.1, -0.05) is 0 Å². The van der Waals surface area contributed by atoms with Crippen LogP contribution in [0.1, 0.15) is 22.3 Å². The van der Waals surface area contributed by atoms with Crippen LogP contribution in [0.4, 0.5) is 10.1 Å². The third kappa shape index (κ3) is 2.24. The van der Waals surface area contributed by atoms with E-state index in [4.69, 9.17) is 5.73 Å². The van der Waals surface area contributed by atoms with Crippen molar-refractivity contribution >= 4 is 11.6 Å². The average molecular weight is 238 g/mol. The lowest BCUT2D eigenvalue weighted by atomic mass is 10.1. The summed E-state index contributed by atoms with van der Waals surface area (Å²) in [7, 11) is 0. The highest BCUT2D eigenvalue weighted by Crippen LogP contribution is 2.20. The Kier molecular flexibility index (Phi) is 3.02. The Morgan fingerprint density at radius 1 is 1.59 bits per heavy atom. The maximum absolute atomic E-state index is 13.5. The molecule has 1 amide bonds. The number of nitrogen functional groups attached to an aromatic ring is 1. The Morgan fingerprint density at radius 3 is 2.82 bits per heavy atom. The smallest absolute Gasteiger partial charge is 0.254 e. The van der Waals surface area contributed by atoms with Gasteiger partial charge in [0.05, 0.1) is 6.10 Å². The number of amides is 1. The van der Waals surface area contributed by atoms with Crippen molar-refractivity contribution in [1.29, 1.82) is 0 Å². The van der Waals surface area contributed by atoms with Crippen LogP contribution in [0.25, 0.3) is 0 Å². The van der Waals surface area contributed by atoms with Gasteiger partial charge in [-0.15, -0.1) is 0 Å². The summed E-state index contributed by atoms with van der Waals surface area (Å²) in [6.45, 7) is 2.36. The minimum Gasteiger partial charge on any atom is -0.398 e. The van der Waals surface area contributed by atoms with Crippen LogP contribution in [0.15, 0.2) is 12.1 Å². The van der Waals surface area contributed by atoms with Crippen molar-refractivity contribution < 1.29 is 14.3 Å². The lowest BCUT2D eigenvalue weighted by Crippen LogP contribution is -2.29. The number of likely N-dealkylation sites (tertiary alicyclic amines) is 1. The number of hydrogen-bond acceptors (Lipinski definition) is 3. The number of halogens is 1. The van der Waals surface area contributed by atoms with Crippen molar-refractivity contribution in [3.8, 4) is 0 Å². The largest absolute Gasteiger partial charge is 0.398 e. The summed E-state index contributed by atoms with van der Waals surface area (Å²) >= 11 is 0. The Balaban J connectivity index is 2.25. The molecule has 4 nitrogen and oxygen atoms in total. The fourth-order valence-electron chi connectivity index (χ4n) is 1.93. The van der Waals surface area contributed by atoms with E-state index in [-0.39, 0.29) is 17.2 Å². The number of aliphatic hydroxyl groups excluding tert-OH is 1. The van der Waals surface area contributed by atoms with Gasteiger partial charge in [0.15, 0.2) is 0 Å². The maximum atomic E-state index is 13.5. The first-order valence-corrected chi connectivity index (χ1v) is 5.52.